The fourth-order valence-electron chi connectivity index (χ4n) is 4.82. The quantitative estimate of drug-likeness (QED) is 0.604. The highest BCUT2D eigenvalue weighted by Crippen LogP contribution is 2.37. The van der Waals surface area contributed by atoms with Gasteiger partial charge in [-0.25, -0.2) is 4.39 Å². The van der Waals surface area contributed by atoms with Gasteiger partial charge in [0.25, 0.3) is 0 Å². The van der Waals surface area contributed by atoms with Crippen LogP contribution in [0.4, 0.5) is 4.39 Å². The first-order valence-electron chi connectivity index (χ1n) is 10.6. The number of fused-ring (bicyclic) bond motifs is 2. The molecule has 29 heavy (non-hydrogen) atoms. The van der Waals surface area contributed by atoms with Crippen molar-refractivity contribution in [2.45, 2.75) is 51.0 Å². The molecule has 1 atom stereocenters. The summed E-state index contributed by atoms with van der Waals surface area (Å²) in [6, 6.07) is 11.2. The monoisotopic (exact) mass is 394 g/mol. The van der Waals surface area contributed by atoms with Crippen molar-refractivity contribution in [1.82, 2.24) is 10.1 Å². The van der Waals surface area contributed by atoms with Gasteiger partial charge in [0, 0.05) is 30.3 Å². The Bertz CT molecular complexity index is 1020. The van der Waals surface area contributed by atoms with E-state index in [0.29, 0.717) is 17.4 Å². The van der Waals surface area contributed by atoms with E-state index in [2.05, 4.69) is 42.1 Å². The van der Waals surface area contributed by atoms with Crippen molar-refractivity contribution in [1.29, 1.82) is 0 Å². The van der Waals surface area contributed by atoms with Crippen LogP contribution in [0.1, 0.15) is 55.3 Å². The van der Waals surface area contributed by atoms with E-state index in [1.807, 2.05) is 0 Å². The molecule has 152 valence electrons. The molecule has 3 aromatic rings. The fourth-order valence-corrected chi connectivity index (χ4v) is 4.82. The zero-order valence-corrected chi connectivity index (χ0v) is 17.0. The zero-order chi connectivity index (χ0) is 20.0. The highest BCUT2D eigenvalue weighted by molar-refractivity contribution is 5.79. The minimum atomic E-state index is -0.284. The fraction of sp³-hybridized carbons (Fsp3) is 0.458. The van der Waals surface area contributed by atoms with Gasteiger partial charge in [-0.1, -0.05) is 37.2 Å². The number of rotatable bonds is 4. The van der Waals surface area contributed by atoms with Crippen molar-refractivity contribution in [3.8, 4) is 5.75 Å². The maximum Gasteiger partial charge on any atom is 0.170 e. The molecule has 4 nitrogen and oxygen atoms in total. The lowest BCUT2D eigenvalue weighted by Gasteiger charge is -2.32. The Kier molecular flexibility index (Phi) is 4.78. The molecule has 0 saturated carbocycles. The summed E-state index contributed by atoms with van der Waals surface area (Å²) in [5, 5.41) is 5.20. The molecule has 0 spiro atoms. The Hall–Kier alpha value is -2.40. The Morgan fingerprint density at radius 1 is 1.17 bits per heavy atom. The number of hydrogen-bond donors (Lipinski definition) is 0. The maximum absolute atomic E-state index is 13.4. The summed E-state index contributed by atoms with van der Waals surface area (Å²) < 4.78 is 25.1. The molecule has 5 heteroatoms. The first kappa shape index (κ1) is 18.6. The average molecular weight is 394 g/mol. The van der Waals surface area contributed by atoms with E-state index in [1.165, 1.54) is 23.3 Å². The number of ether oxygens (including phenoxy) is 1. The van der Waals surface area contributed by atoms with E-state index in [1.54, 1.807) is 6.07 Å². The van der Waals surface area contributed by atoms with E-state index in [0.717, 1.165) is 55.7 Å². The standard InChI is InChI=1S/C24H27FN2O2/c1-15(2)20-5-3-4-17-12-19(28-24(17)20)14-27-10-8-16(9-11-27)23-21-7-6-18(25)13-22(21)29-26-23/h3-7,13,15-16,19H,8-12,14H2,1-2H3. The van der Waals surface area contributed by atoms with Crippen molar-refractivity contribution in [2.24, 2.45) is 0 Å². The van der Waals surface area contributed by atoms with Crippen molar-refractivity contribution >= 4 is 11.0 Å². The molecule has 2 aliphatic rings. The molecular formula is C24H27FN2O2. The maximum atomic E-state index is 13.4. The third kappa shape index (κ3) is 3.52. The molecule has 0 bridgehead atoms. The summed E-state index contributed by atoms with van der Waals surface area (Å²) in [7, 11) is 0. The lowest BCUT2D eigenvalue weighted by molar-refractivity contribution is 0.127. The highest BCUT2D eigenvalue weighted by atomic mass is 19.1. The van der Waals surface area contributed by atoms with Crippen molar-refractivity contribution < 1.29 is 13.7 Å². The third-order valence-corrected chi connectivity index (χ3v) is 6.38. The summed E-state index contributed by atoms with van der Waals surface area (Å²) in [5.41, 5.74) is 4.18. The van der Waals surface area contributed by atoms with Crippen LogP contribution < -0.4 is 4.74 Å². The Morgan fingerprint density at radius 2 is 2.00 bits per heavy atom. The van der Waals surface area contributed by atoms with Crippen LogP contribution in [0.3, 0.4) is 0 Å². The number of benzene rings is 2. The summed E-state index contributed by atoms with van der Waals surface area (Å²) in [6.45, 7) is 7.45. The highest BCUT2D eigenvalue weighted by Gasteiger charge is 2.30. The van der Waals surface area contributed by atoms with Crippen LogP contribution in [0, 0.1) is 5.82 Å². The van der Waals surface area contributed by atoms with Crippen LogP contribution >= 0.6 is 0 Å². The van der Waals surface area contributed by atoms with Crippen LogP contribution in [0.5, 0.6) is 5.75 Å². The lowest BCUT2D eigenvalue weighted by atomic mass is 9.91. The molecule has 0 aliphatic carbocycles. The number of aromatic nitrogens is 1. The number of halogens is 1. The van der Waals surface area contributed by atoms with Gasteiger partial charge in [-0.15, -0.1) is 0 Å². The SMILES string of the molecule is CC(C)c1cccc2c1OC(CN1CCC(c3noc4cc(F)ccc34)CC1)C2. The molecule has 1 fully saturated rings. The Balaban J connectivity index is 1.21. The van der Waals surface area contributed by atoms with Crippen molar-refractivity contribution in [2.75, 3.05) is 19.6 Å². The molecule has 1 saturated heterocycles. The lowest BCUT2D eigenvalue weighted by Crippen LogP contribution is -2.40. The van der Waals surface area contributed by atoms with Crippen LogP contribution in [0.2, 0.25) is 0 Å². The number of nitrogens with zero attached hydrogens (tertiary/aromatic N) is 2. The van der Waals surface area contributed by atoms with Crippen LogP contribution in [0.25, 0.3) is 11.0 Å². The summed E-state index contributed by atoms with van der Waals surface area (Å²) >= 11 is 0. The molecule has 5 rings (SSSR count). The van der Waals surface area contributed by atoms with Gasteiger partial charge < -0.3 is 9.26 Å². The number of likely N-dealkylation sites (tertiary alicyclic amines) is 1. The normalized spacial score (nSPS) is 20.3. The number of piperidine rings is 1. The first-order valence-corrected chi connectivity index (χ1v) is 10.6. The molecule has 1 unspecified atom stereocenters. The molecule has 0 radical (unpaired) electrons. The smallest absolute Gasteiger partial charge is 0.170 e. The minimum Gasteiger partial charge on any atom is -0.488 e. The molecule has 2 aromatic carbocycles. The second kappa shape index (κ2) is 7.45. The molecule has 2 aliphatic heterocycles. The average Bonchev–Trinajstić information content (AvgIpc) is 3.31. The Labute approximate surface area is 170 Å². The van der Waals surface area contributed by atoms with Crippen LogP contribution in [-0.4, -0.2) is 35.8 Å². The van der Waals surface area contributed by atoms with E-state index in [9.17, 15) is 4.39 Å². The van der Waals surface area contributed by atoms with Gasteiger partial charge in [-0.2, -0.15) is 0 Å². The summed E-state index contributed by atoms with van der Waals surface area (Å²) in [5.74, 6) is 1.68. The zero-order valence-electron chi connectivity index (χ0n) is 17.0. The third-order valence-electron chi connectivity index (χ3n) is 6.38. The largest absolute Gasteiger partial charge is 0.488 e. The molecular weight excluding hydrogens is 367 g/mol. The van der Waals surface area contributed by atoms with E-state index < -0.39 is 0 Å². The van der Waals surface area contributed by atoms with Gasteiger partial charge in [-0.05, 0) is 55.1 Å². The molecule has 1 aromatic heterocycles. The summed E-state index contributed by atoms with van der Waals surface area (Å²) in [4.78, 5) is 2.50. The number of hydrogen-bond acceptors (Lipinski definition) is 4. The van der Waals surface area contributed by atoms with Gasteiger partial charge in [0.1, 0.15) is 17.7 Å². The van der Waals surface area contributed by atoms with Crippen molar-refractivity contribution in [3.63, 3.8) is 0 Å². The number of para-hydroxylation sites is 1. The minimum absolute atomic E-state index is 0.234. The van der Waals surface area contributed by atoms with E-state index in [4.69, 9.17) is 9.26 Å². The van der Waals surface area contributed by atoms with E-state index in [-0.39, 0.29) is 11.9 Å². The second-order valence-corrected chi connectivity index (χ2v) is 8.72. The Morgan fingerprint density at radius 3 is 2.79 bits per heavy atom. The first-order chi connectivity index (χ1) is 14.1. The predicted octanol–water partition coefficient (Wildman–Crippen LogP) is 5.27. The topological polar surface area (TPSA) is 38.5 Å². The van der Waals surface area contributed by atoms with Crippen molar-refractivity contribution in [3.05, 3.63) is 59.0 Å². The van der Waals surface area contributed by atoms with Gasteiger partial charge in [0.05, 0.1) is 5.69 Å². The van der Waals surface area contributed by atoms with Gasteiger partial charge in [-0.3, -0.25) is 4.90 Å². The predicted molar refractivity (Wildman–Crippen MR) is 111 cm³/mol. The van der Waals surface area contributed by atoms with Gasteiger partial charge >= 0.3 is 0 Å². The van der Waals surface area contributed by atoms with Gasteiger partial charge in [0.2, 0.25) is 0 Å². The molecule has 0 amide bonds. The van der Waals surface area contributed by atoms with Crippen LogP contribution in [-0.2, 0) is 6.42 Å². The van der Waals surface area contributed by atoms with E-state index >= 15 is 0 Å². The molecule has 3 heterocycles. The molecule has 0 N–H and O–H groups in total. The van der Waals surface area contributed by atoms with Gasteiger partial charge in [0.15, 0.2) is 5.58 Å². The second-order valence-electron chi connectivity index (χ2n) is 8.72. The summed E-state index contributed by atoms with van der Waals surface area (Å²) in [6.07, 6.45) is 3.30. The van der Waals surface area contributed by atoms with Crippen LogP contribution in [0.15, 0.2) is 40.9 Å².